The van der Waals surface area contributed by atoms with Gasteiger partial charge in [-0.1, -0.05) is 0 Å². The molecule has 2 N–H and O–H groups in total. The first kappa shape index (κ1) is 12.0. The van der Waals surface area contributed by atoms with E-state index in [1.165, 1.54) is 0 Å². The predicted molar refractivity (Wildman–Crippen MR) is 56.9 cm³/mol. The second-order valence-corrected chi connectivity index (χ2v) is 4.01. The van der Waals surface area contributed by atoms with Crippen LogP contribution in [0.1, 0.15) is 12.8 Å². The van der Waals surface area contributed by atoms with Crippen LogP contribution in [0.25, 0.3) is 0 Å². The third-order valence-electron chi connectivity index (χ3n) is 2.65. The van der Waals surface area contributed by atoms with E-state index >= 15 is 0 Å². The van der Waals surface area contributed by atoms with Crippen LogP contribution in [0.5, 0.6) is 0 Å². The van der Waals surface area contributed by atoms with E-state index in [-0.39, 0.29) is 11.9 Å². The highest BCUT2D eigenvalue weighted by Gasteiger charge is 2.22. The van der Waals surface area contributed by atoms with Gasteiger partial charge in [0.05, 0.1) is 19.0 Å². The molecule has 1 rings (SSSR count). The Bertz CT molecular complexity index is 261. The molecule has 1 heterocycles. The molecule has 1 fully saturated rings. The Morgan fingerprint density at radius 3 is 3.00 bits per heavy atom. The van der Waals surface area contributed by atoms with Crippen LogP contribution in [0, 0.1) is 11.3 Å². The van der Waals surface area contributed by atoms with Crippen molar-refractivity contribution in [3.05, 3.63) is 0 Å². The van der Waals surface area contributed by atoms with Crippen LogP contribution >= 0.6 is 0 Å². The molecular weight excluding hydrogens is 192 g/mol. The molecule has 0 aromatic heterocycles. The van der Waals surface area contributed by atoms with Gasteiger partial charge in [0.2, 0.25) is 5.91 Å². The number of nitrogens with two attached hydrogens (primary N) is 1. The lowest BCUT2D eigenvalue weighted by Crippen LogP contribution is -2.38. The van der Waals surface area contributed by atoms with E-state index in [1.807, 2.05) is 6.07 Å². The van der Waals surface area contributed by atoms with Gasteiger partial charge in [-0.3, -0.25) is 9.69 Å². The summed E-state index contributed by atoms with van der Waals surface area (Å²) in [7, 11) is 1.73. The van der Waals surface area contributed by atoms with Gasteiger partial charge in [-0.05, 0) is 6.42 Å². The molecule has 1 aliphatic rings. The second-order valence-electron chi connectivity index (χ2n) is 4.01. The van der Waals surface area contributed by atoms with Crippen LogP contribution in [0.2, 0.25) is 0 Å². The van der Waals surface area contributed by atoms with E-state index in [4.69, 9.17) is 11.0 Å². The van der Waals surface area contributed by atoms with Crippen LogP contribution in [-0.2, 0) is 4.79 Å². The standard InChI is InChI=1S/C10H18N4O/c1-13(5-2-4-11)10(15)8-14-6-3-9(12)7-14/h9H,2-3,5-8,12H2,1H3. The summed E-state index contributed by atoms with van der Waals surface area (Å²) in [5.41, 5.74) is 5.75. The van der Waals surface area contributed by atoms with Crippen molar-refractivity contribution >= 4 is 5.91 Å². The molecular formula is C10H18N4O. The molecule has 15 heavy (non-hydrogen) atoms. The molecule has 0 saturated carbocycles. The summed E-state index contributed by atoms with van der Waals surface area (Å²) in [5, 5.41) is 8.40. The molecule has 84 valence electrons. The lowest BCUT2D eigenvalue weighted by molar-refractivity contribution is -0.130. The molecule has 0 spiro atoms. The number of likely N-dealkylation sites (N-methyl/N-ethyl adjacent to an activating group) is 1. The number of hydrogen-bond acceptors (Lipinski definition) is 4. The number of amides is 1. The van der Waals surface area contributed by atoms with Gasteiger partial charge in [0, 0.05) is 32.7 Å². The van der Waals surface area contributed by atoms with Gasteiger partial charge in [0.15, 0.2) is 0 Å². The molecule has 1 saturated heterocycles. The maximum Gasteiger partial charge on any atom is 0.236 e. The van der Waals surface area contributed by atoms with Gasteiger partial charge < -0.3 is 10.6 Å². The summed E-state index contributed by atoms with van der Waals surface area (Å²) in [4.78, 5) is 15.3. The Morgan fingerprint density at radius 2 is 2.47 bits per heavy atom. The smallest absolute Gasteiger partial charge is 0.236 e. The average Bonchev–Trinajstić information content (AvgIpc) is 2.60. The predicted octanol–water partition coefficient (Wildman–Crippen LogP) is -0.609. The minimum Gasteiger partial charge on any atom is -0.344 e. The van der Waals surface area contributed by atoms with Gasteiger partial charge in [-0.15, -0.1) is 0 Å². The van der Waals surface area contributed by atoms with Crippen molar-refractivity contribution < 1.29 is 4.79 Å². The molecule has 5 nitrogen and oxygen atoms in total. The Labute approximate surface area is 90.4 Å². The molecule has 1 amide bonds. The zero-order chi connectivity index (χ0) is 11.3. The highest BCUT2D eigenvalue weighted by atomic mass is 16.2. The van der Waals surface area contributed by atoms with Crippen molar-refractivity contribution in [2.75, 3.05) is 33.2 Å². The first-order chi connectivity index (χ1) is 7.13. The Kier molecular flexibility index (Phi) is 4.53. The second kappa shape index (κ2) is 5.69. The monoisotopic (exact) mass is 210 g/mol. The van der Waals surface area contributed by atoms with Crippen molar-refractivity contribution in [1.82, 2.24) is 9.80 Å². The fourth-order valence-corrected chi connectivity index (χ4v) is 1.66. The molecule has 0 bridgehead atoms. The molecule has 1 atom stereocenters. The molecule has 0 radical (unpaired) electrons. The number of likely N-dealkylation sites (tertiary alicyclic amines) is 1. The number of rotatable bonds is 4. The van der Waals surface area contributed by atoms with E-state index < -0.39 is 0 Å². The van der Waals surface area contributed by atoms with Crippen molar-refractivity contribution in [2.45, 2.75) is 18.9 Å². The Hall–Kier alpha value is -1.12. The molecule has 1 aliphatic heterocycles. The number of nitrogens with zero attached hydrogens (tertiary/aromatic N) is 3. The Morgan fingerprint density at radius 1 is 1.73 bits per heavy atom. The van der Waals surface area contributed by atoms with Crippen LogP contribution in [0.4, 0.5) is 0 Å². The van der Waals surface area contributed by atoms with Gasteiger partial charge in [-0.25, -0.2) is 0 Å². The number of carbonyl (C=O) groups is 1. The number of hydrogen-bond donors (Lipinski definition) is 1. The lowest BCUT2D eigenvalue weighted by Gasteiger charge is -2.20. The first-order valence-electron chi connectivity index (χ1n) is 5.22. The summed E-state index contributed by atoms with van der Waals surface area (Å²) in [5.74, 6) is 0.0688. The third kappa shape index (κ3) is 3.86. The minimum absolute atomic E-state index is 0.0688. The Balaban J connectivity index is 2.26. The van der Waals surface area contributed by atoms with Gasteiger partial charge in [0.1, 0.15) is 0 Å². The van der Waals surface area contributed by atoms with Crippen molar-refractivity contribution in [1.29, 1.82) is 5.26 Å². The van der Waals surface area contributed by atoms with Crippen LogP contribution in [-0.4, -0.2) is 55.0 Å². The number of nitriles is 1. The van der Waals surface area contributed by atoms with Crippen molar-refractivity contribution in [3.63, 3.8) is 0 Å². The molecule has 5 heteroatoms. The fourth-order valence-electron chi connectivity index (χ4n) is 1.66. The van der Waals surface area contributed by atoms with E-state index in [1.54, 1.807) is 11.9 Å². The fraction of sp³-hybridized carbons (Fsp3) is 0.800. The maximum absolute atomic E-state index is 11.6. The normalized spacial score (nSPS) is 21.3. The highest BCUT2D eigenvalue weighted by molar-refractivity contribution is 5.78. The lowest BCUT2D eigenvalue weighted by atomic mass is 10.3. The average molecular weight is 210 g/mol. The minimum atomic E-state index is 0.0688. The highest BCUT2D eigenvalue weighted by Crippen LogP contribution is 2.06. The van der Waals surface area contributed by atoms with Gasteiger partial charge >= 0.3 is 0 Å². The van der Waals surface area contributed by atoms with Crippen molar-refractivity contribution in [2.24, 2.45) is 5.73 Å². The maximum atomic E-state index is 11.6. The van der Waals surface area contributed by atoms with E-state index in [0.717, 1.165) is 19.5 Å². The quantitative estimate of drug-likeness (QED) is 0.672. The topological polar surface area (TPSA) is 73.4 Å². The van der Waals surface area contributed by atoms with Crippen molar-refractivity contribution in [3.8, 4) is 6.07 Å². The van der Waals surface area contributed by atoms with E-state index in [0.29, 0.717) is 19.5 Å². The molecule has 0 aliphatic carbocycles. The summed E-state index contributed by atoms with van der Waals surface area (Å²) in [6.07, 6.45) is 1.36. The summed E-state index contributed by atoms with van der Waals surface area (Å²) < 4.78 is 0. The zero-order valence-electron chi connectivity index (χ0n) is 9.15. The van der Waals surface area contributed by atoms with E-state index in [9.17, 15) is 4.79 Å². The zero-order valence-corrected chi connectivity index (χ0v) is 9.15. The third-order valence-corrected chi connectivity index (χ3v) is 2.65. The summed E-state index contributed by atoms with van der Waals surface area (Å²) in [6, 6.07) is 2.24. The molecule has 1 unspecified atom stereocenters. The van der Waals surface area contributed by atoms with E-state index in [2.05, 4.69) is 4.90 Å². The van der Waals surface area contributed by atoms with Crippen LogP contribution in [0.15, 0.2) is 0 Å². The molecule has 0 aromatic carbocycles. The first-order valence-corrected chi connectivity index (χ1v) is 5.22. The summed E-state index contributed by atoms with van der Waals surface area (Å²) >= 11 is 0. The molecule has 0 aromatic rings. The van der Waals surface area contributed by atoms with Crippen LogP contribution < -0.4 is 5.73 Å². The SMILES string of the molecule is CN(CCC#N)C(=O)CN1CCC(N)C1. The summed E-state index contributed by atoms with van der Waals surface area (Å²) in [6.45, 7) is 2.64. The van der Waals surface area contributed by atoms with Gasteiger partial charge in [0.25, 0.3) is 0 Å². The van der Waals surface area contributed by atoms with Crippen LogP contribution in [0.3, 0.4) is 0 Å². The van der Waals surface area contributed by atoms with Gasteiger partial charge in [-0.2, -0.15) is 5.26 Å². The largest absolute Gasteiger partial charge is 0.344 e. The number of carbonyl (C=O) groups excluding carboxylic acids is 1.